The van der Waals surface area contributed by atoms with E-state index in [2.05, 4.69) is 58.0 Å². The molecule has 0 spiro atoms. The summed E-state index contributed by atoms with van der Waals surface area (Å²) in [6, 6.07) is 21.6. The molecule has 0 amide bonds. The van der Waals surface area contributed by atoms with E-state index in [4.69, 9.17) is 0 Å². The molecular formula is C21H30OSSi. The second-order valence-corrected chi connectivity index (χ2v) is 13.5. The Morgan fingerprint density at radius 3 is 1.88 bits per heavy atom. The van der Waals surface area contributed by atoms with E-state index in [9.17, 15) is 5.11 Å². The third kappa shape index (κ3) is 5.42. The van der Waals surface area contributed by atoms with E-state index in [-0.39, 0.29) is 0 Å². The molecule has 0 unspecified atom stereocenters. The maximum atomic E-state index is 9.50. The van der Waals surface area contributed by atoms with E-state index in [1.165, 1.54) is 22.4 Å². The lowest BCUT2D eigenvalue weighted by Gasteiger charge is -2.35. The van der Waals surface area contributed by atoms with Crippen LogP contribution in [0.2, 0.25) is 12.1 Å². The van der Waals surface area contributed by atoms with Gasteiger partial charge in [-0.1, -0.05) is 75.3 Å². The second kappa shape index (κ2) is 8.77. The average molecular weight is 359 g/mol. The summed E-state index contributed by atoms with van der Waals surface area (Å²) in [5.41, 5.74) is 0. The molecule has 0 aromatic heterocycles. The van der Waals surface area contributed by atoms with Crippen LogP contribution < -0.4 is 5.19 Å². The predicted octanol–water partition coefficient (Wildman–Crippen LogP) is 5.69. The van der Waals surface area contributed by atoms with E-state index in [0.717, 1.165) is 11.8 Å². The van der Waals surface area contributed by atoms with Crippen LogP contribution in [0.3, 0.4) is 0 Å². The highest BCUT2D eigenvalue weighted by Crippen LogP contribution is 2.32. The fourth-order valence-corrected chi connectivity index (χ4v) is 12.0. The molecular weight excluding hydrogens is 328 g/mol. The minimum Gasteiger partial charge on any atom is -0.508 e. The van der Waals surface area contributed by atoms with E-state index in [1.54, 1.807) is 17.3 Å². The Hall–Kier alpha value is -1.19. The van der Waals surface area contributed by atoms with Crippen molar-refractivity contribution >= 4 is 25.0 Å². The predicted molar refractivity (Wildman–Crippen MR) is 110 cm³/mol. The number of hydrogen-bond acceptors (Lipinski definition) is 2. The first-order chi connectivity index (χ1) is 11.4. The molecule has 1 N–H and O–H groups in total. The van der Waals surface area contributed by atoms with Crippen LogP contribution in [0.15, 0.2) is 59.5 Å². The number of phenolic OH excluding ortho intramolecular Hbond substituents is 1. The lowest BCUT2D eigenvalue weighted by molar-refractivity contribution is 0.475. The average Bonchev–Trinajstić information content (AvgIpc) is 2.54. The largest absolute Gasteiger partial charge is 0.508 e. The fourth-order valence-electron chi connectivity index (χ4n) is 3.64. The van der Waals surface area contributed by atoms with Crippen LogP contribution in [0.4, 0.5) is 0 Å². The maximum absolute atomic E-state index is 9.50. The summed E-state index contributed by atoms with van der Waals surface area (Å²) in [6.07, 6.45) is 0. The minimum absolute atomic E-state index is 0.343. The Morgan fingerprint density at radius 2 is 1.38 bits per heavy atom. The topological polar surface area (TPSA) is 20.2 Å². The van der Waals surface area contributed by atoms with E-state index in [1.807, 2.05) is 23.9 Å². The molecule has 130 valence electrons. The zero-order chi connectivity index (χ0) is 17.6. The van der Waals surface area contributed by atoms with Crippen LogP contribution in [0.1, 0.15) is 27.7 Å². The third-order valence-electron chi connectivity index (χ3n) is 4.34. The number of hydrogen-bond donors (Lipinski definition) is 1. The van der Waals surface area contributed by atoms with Crippen LogP contribution in [-0.2, 0) is 0 Å². The first-order valence-electron chi connectivity index (χ1n) is 8.89. The molecule has 0 aliphatic carbocycles. The van der Waals surface area contributed by atoms with E-state index < -0.39 is 8.07 Å². The molecule has 0 radical (unpaired) electrons. The van der Waals surface area contributed by atoms with Crippen molar-refractivity contribution in [2.24, 2.45) is 11.8 Å². The van der Waals surface area contributed by atoms with Crippen molar-refractivity contribution in [1.82, 2.24) is 0 Å². The minimum atomic E-state index is -1.59. The highest BCUT2D eigenvalue weighted by Gasteiger charge is 2.36. The van der Waals surface area contributed by atoms with Crippen LogP contribution in [0.25, 0.3) is 0 Å². The molecule has 2 aromatic carbocycles. The van der Waals surface area contributed by atoms with Crippen molar-refractivity contribution in [3.8, 4) is 5.75 Å². The van der Waals surface area contributed by atoms with Crippen molar-refractivity contribution < 1.29 is 5.11 Å². The van der Waals surface area contributed by atoms with Crippen molar-refractivity contribution in [2.45, 2.75) is 44.7 Å². The van der Waals surface area contributed by atoms with Gasteiger partial charge in [0.1, 0.15) is 5.75 Å². The normalized spacial score (nSPS) is 12.1. The number of phenols is 1. The summed E-state index contributed by atoms with van der Waals surface area (Å²) in [4.78, 5) is 1.26. The maximum Gasteiger partial charge on any atom is 0.115 e. The third-order valence-corrected chi connectivity index (χ3v) is 12.5. The molecule has 0 fully saturated rings. The lowest BCUT2D eigenvalue weighted by Crippen LogP contribution is -2.52. The van der Waals surface area contributed by atoms with Crippen molar-refractivity contribution in [1.29, 1.82) is 0 Å². The lowest BCUT2D eigenvalue weighted by atomic mass is 10.3. The Balaban J connectivity index is 2.30. The van der Waals surface area contributed by atoms with E-state index >= 15 is 0 Å². The summed E-state index contributed by atoms with van der Waals surface area (Å²) in [6.45, 7) is 9.43. The molecule has 2 aromatic rings. The summed E-state index contributed by atoms with van der Waals surface area (Å²) < 4.78 is 0. The highest BCUT2D eigenvalue weighted by molar-refractivity contribution is 8.01. The van der Waals surface area contributed by atoms with Gasteiger partial charge in [0, 0.05) is 4.90 Å². The zero-order valence-corrected chi connectivity index (χ0v) is 17.1. The van der Waals surface area contributed by atoms with Gasteiger partial charge in [0.2, 0.25) is 0 Å². The Kier molecular flexibility index (Phi) is 6.99. The molecule has 0 saturated carbocycles. The smallest absolute Gasteiger partial charge is 0.115 e. The summed E-state index contributed by atoms with van der Waals surface area (Å²) >= 11 is 1.97. The van der Waals surface area contributed by atoms with Crippen LogP contribution in [0.5, 0.6) is 5.75 Å². The van der Waals surface area contributed by atoms with Crippen LogP contribution in [-0.4, -0.2) is 18.6 Å². The standard InChI is InChI=1S/C21H30OSSi/c1-17(2)14-24(15-18(3)4,21-8-6-5-7-9-21)16-23-20-12-10-19(22)11-13-20/h5-13,17-18,22H,14-16H2,1-4H3. The number of aromatic hydroxyl groups is 1. The van der Waals surface area contributed by atoms with Crippen molar-refractivity contribution in [2.75, 3.05) is 5.38 Å². The quantitative estimate of drug-likeness (QED) is 0.483. The number of benzene rings is 2. The van der Waals surface area contributed by atoms with Crippen molar-refractivity contribution in [3.05, 3.63) is 54.6 Å². The Morgan fingerprint density at radius 1 is 0.833 bits per heavy atom. The van der Waals surface area contributed by atoms with Gasteiger partial charge in [-0.2, -0.15) is 0 Å². The van der Waals surface area contributed by atoms with Gasteiger partial charge in [0.25, 0.3) is 0 Å². The highest BCUT2D eigenvalue weighted by atomic mass is 32.2. The van der Waals surface area contributed by atoms with Crippen LogP contribution >= 0.6 is 11.8 Å². The number of rotatable bonds is 8. The molecule has 0 aliphatic heterocycles. The summed E-state index contributed by atoms with van der Waals surface area (Å²) in [5.74, 6) is 1.78. The number of thioether (sulfide) groups is 1. The molecule has 2 rings (SSSR count). The molecule has 24 heavy (non-hydrogen) atoms. The van der Waals surface area contributed by atoms with Crippen molar-refractivity contribution in [3.63, 3.8) is 0 Å². The van der Waals surface area contributed by atoms with Gasteiger partial charge >= 0.3 is 0 Å². The van der Waals surface area contributed by atoms with Gasteiger partial charge in [0.15, 0.2) is 0 Å². The molecule has 0 saturated heterocycles. The SMILES string of the molecule is CC(C)C[Si](CSc1ccc(O)cc1)(CC(C)C)c1ccccc1. The first kappa shape index (κ1) is 19.1. The molecule has 3 heteroatoms. The first-order valence-corrected chi connectivity index (χ1v) is 12.5. The van der Waals surface area contributed by atoms with Gasteiger partial charge < -0.3 is 5.11 Å². The fraction of sp³-hybridized carbons (Fsp3) is 0.429. The van der Waals surface area contributed by atoms with E-state index in [0.29, 0.717) is 5.75 Å². The molecule has 0 heterocycles. The summed E-state index contributed by atoms with van der Waals surface area (Å²) in [5, 5.41) is 12.3. The molecule has 0 bridgehead atoms. The Labute approximate surface area is 152 Å². The molecule has 0 aliphatic rings. The second-order valence-electron chi connectivity index (χ2n) is 7.62. The molecule has 0 atom stereocenters. The zero-order valence-electron chi connectivity index (χ0n) is 15.3. The monoisotopic (exact) mass is 358 g/mol. The summed E-state index contributed by atoms with van der Waals surface area (Å²) in [7, 11) is -1.59. The van der Waals surface area contributed by atoms with Gasteiger partial charge in [0.05, 0.1) is 8.07 Å². The van der Waals surface area contributed by atoms with Gasteiger partial charge in [-0.3, -0.25) is 0 Å². The van der Waals surface area contributed by atoms with Gasteiger partial charge in [-0.25, -0.2) is 0 Å². The van der Waals surface area contributed by atoms with Gasteiger partial charge in [-0.05, 0) is 41.5 Å². The molecule has 1 nitrogen and oxygen atoms in total. The van der Waals surface area contributed by atoms with Gasteiger partial charge in [-0.15, -0.1) is 11.8 Å². The Bertz CT molecular complexity index is 597. The van der Waals surface area contributed by atoms with Crippen LogP contribution in [0, 0.1) is 11.8 Å².